The van der Waals surface area contributed by atoms with E-state index in [9.17, 15) is 8.42 Å². The fourth-order valence-electron chi connectivity index (χ4n) is 5.26. The second-order valence-corrected chi connectivity index (χ2v) is 9.28. The largest absolute Gasteiger partial charge is 0.281 e. The van der Waals surface area contributed by atoms with E-state index in [0.717, 1.165) is 42.7 Å². The third-order valence-electron chi connectivity index (χ3n) is 5.44. The first-order chi connectivity index (χ1) is 8.96. The van der Waals surface area contributed by atoms with Crippen LogP contribution in [0.2, 0.25) is 0 Å². The highest BCUT2D eigenvalue weighted by atomic mass is 35.7. The molecule has 19 heavy (non-hydrogen) atoms. The molecular formula is C13H17ClN2O2S. The van der Waals surface area contributed by atoms with Crippen LogP contribution in [0.15, 0.2) is 11.1 Å². The summed E-state index contributed by atoms with van der Waals surface area (Å²) in [6.45, 7) is 0. The van der Waals surface area contributed by atoms with Crippen molar-refractivity contribution >= 4 is 19.7 Å². The van der Waals surface area contributed by atoms with Gasteiger partial charge in [0, 0.05) is 16.1 Å². The van der Waals surface area contributed by atoms with E-state index in [-0.39, 0.29) is 10.3 Å². The number of rotatable bonds is 2. The molecule has 104 valence electrons. The minimum Gasteiger partial charge on any atom is -0.281 e. The molecule has 4 aliphatic carbocycles. The number of hydrogen-bond donors (Lipinski definition) is 1. The monoisotopic (exact) mass is 300 g/mol. The molecule has 0 aliphatic heterocycles. The van der Waals surface area contributed by atoms with Crippen LogP contribution >= 0.6 is 10.7 Å². The maximum Gasteiger partial charge on any atom is 0.264 e. The summed E-state index contributed by atoms with van der Waals surface area (Å²) in [4.78, 5) is 0.205. The minimum atomic E-state index is -3.71. The van der Waals surface area contributed by atoms with E-state index in [1.807, 2.05) is 0 Å². The van der Waals surface area contributed by atoms with Gasteiger partial charge in [-0.2, -0.15) is 5.10 Å². The van der Waals surface area contributed by atoms with Crippen LogP contribution in [0, 0.1) is 17.8 Å². The van der Waals surface area contributed by atoms with Gasteiger partial charge in [0.2, 0.25) is 0 Å². The average molecular weight is 301 g/mol. The van der Waals surface area contributed by atoms with Crippen molar-refractivity contribution in [2.45, 2.75) is 48.8 Å². The van der Waals surface area contributed by atoms with Gasteiger partial charge in [-0.25, -0.2) is 8.42 Å². The quantitative estimate of drug-likeness (QED) is 0.854. The smallest absolute Gasteiger partial charge is 0.264 e. The Morgan fingerprint density at radius 2 is 1.68 bits per heavy atom. The molecule has 4 nitrogen and oxygen atoms in total. The van der Waals surface area contributed by atoms with Crippen LogP contribution < -0.4 is 0 Å². The van der Waals surface area contributed by atoms with E-state index < -0.39 is 9.05 Å². The van der Waals surface area contributed by atoms with Crippen LogP contribution in [-0.4, -0.2) is 18.6 Å². The number of aromatic nitrogens is 2. The molecule has 0 amide bonds. The summed E-state index contributed by atoms with van der Waals surface area (Å²) in [5, 5.41) is 6.91. The van der Waals surface area contributed by atoms with E-state index in [2.05, 4.69) is 10.2 Å². The van der Waals surface area contributed by atoms with Crippen molar-refractivity contribution in [2.75, 3.05) is 0 Å². The van der Waals surface area contributed by atoms with Gasteiger partial charge < -0.3 is 0 Å². The van der Waals surface area contributed by atoms with Crippen molar-refractivity contribution in [1.29, 1.82) is 0 Å². The van der Waals surface area contributed by atoms with Gasteiger partial charge >= 0.3 is 0 Å². The van der Waals surface area contributed by atoms with Crippen molar-refractivity contribution in [3.8, 4) is 0 Å². The SMILES string of the molecule is O=S(=O)(Cl)c1cn[nH]c1C12CC3CC(CC(C3)C1)C2. The molecule has 0 atom stereocenters. The normalized spacial score (nSPS) is 40.8. The van der Waals surface area contributed by atoms with Gasteiger partial charge in [-0.05, 0) is 56.3 Å². The topological polar surface area (TPSA) is 62.8 Å². The second kappa shape index (κ2) is 3.76. The molecule has 4 fully saturated rings. The van der Waals surface area contributed by atoms with Gasteiger partial charge in [0.1, 0.15) is 4.90 Å². The Morgan fingerprint density at radius 1 is 1.16 bits per heavy atom. The molecule has 1 aromatic rings. The summed E-state index contributed by atoms with van der Waals surface area (Å²) in [6, 6.07) is 0. The molecule has 4 bridgehead atoms. The Kier molecular flexibility index (Phi) is 2.41. The molecule has 0 unspecified atom stereocenters. The van der Waals surface area contributed by atoms with Gasteiger partial charge in [0.05, 0.1) is 11.9 Å². The number of halogens is 1. The zero-order chi connectivity index (χ0) is 13.3. The van der Waals surface area contributed by atoms with Crippen molar-refractivity contribution < 1.29 is 8.42 Å². The molecule has 0 aromatic carbocycles. The maximum atomic E-state index is 11.7. The number of H-pyrrole nitrogens is 1. The molecule has 1 aromatic heterocycles. The van der Waals surface area contributed by atoms with E-state index in [1.165, 1.54) is 25.5 Å². The van der Waals surface area contributed by atoms with E-state index in [4.69, 9.17) is 10.7 Å². The lowest BCUT2D eigenvalue weighted by molar-refractivity contribution is -0.00848. The maximum absolute atomic E-state index is 11.7. The van der Waals surface area contributed by atoms with E-state index in [1.54, 1.807) is 0 Å². The molecule has 4 aliphatic rings. The molecule has 0 radical (unpaired) electrons. The third kappa shape index (κ3) is 1.77. The van der Waals surface area contributed by atoms with Gasteiger partial charge in [0.15, 0.2) is 0 Å². The van der Waals surface area contributed by atoms with Crippen molar-refractivity contribution in [3.05, 3.63) is 11.9 Å². The Balaban J connectivity index is 1.83. The van der Waals surface area contributed by atoms with E-state index >= 15 is 0 Å². The van der Waals surface area contributed by atoms with Crippen LogP contribution in [0.3, 0.4) is 0 Å². The minimum absolute atomic E-state index is 0.0114. The Morgan fingerprint density at radius 3 is 2.16 bits per heavy atom. The van der Waals surface area contributed by atoms with Gasteiger partial charge in [-0.3, -0.25) is 5.10 Å². The molecule has 1 heterocycles. The summed E-state index contributed by atoms with van der Waals surface area (Å²) in [5.74, 6) is 2.29. The fourth-order valence-corrected chi connectivity index (χ4v) is 6.29. The van der Waals surface area contributed by atoms with Crippen molar-refractivity contribution in [1.82, 2.24) is 10.2 Å². The molecule has 1 N–H and O–H groups in total. The number of nitrogens with one attached hydrogen (secondary N) is 1. The first-order valence-corrected chi connectivity index (χ1v) is 9.26. The molecule has 0 spiro atoms. The fraction of sp³-hybridized carbons (Fsp3) is 0.769. The Hall–Kier alpha value is -0.550. The van der Waals surface area contributed by atoms with Crippen molar-refractivity contribution in [2.24, 2.45) is 17.8 Å². The molecule has 0 saturated heterocycles. The first-order valence-electron chi connectivity index (χ1n) is 6.95. The lowest BCUT2D eigenvalue weighted by Gasteiger charge is -2.56. The summed E-state index contributed by atoms with van der Waals surface area (Å²) in [7, 11) is 1.85. The van der Waals surface area contributed by atoms with Crippen LogP contribution in [0.4, 0.5) is 0 Å². The summed E-state index contributed by atoms with van der Waals surface area (Å²) in [5.41, 5.74) is 0.768. The number of nitrogens with zero attached hydrogens (tertiary/aromatic N) is 1. The second-order valence-electron chi connectivity index (χ2n) is 6.74. The Labute approximate surface area is 117 Å². The zero-order valence-electron chi connectivity index (χ0n) is 10.6. The highest BCUT2D eigenvalue weighted by molar-refractivity contribution is 8.13. The van der Waals surface area contributed by atoms with Crippen LogP contribution in [0.25, 0.3) is 0 Å². The standard InChI is InChI=1S/C13H17ClN2O2S/c14-19(17,18)11-7-15-16-12(11)13-4-8-1-9(5-13)3-10(2-8)6-13/h7-10H,1-6H2,(H,15,16). The molecule has 4 saturated carbocycles. The van der Waals surface area contributed by atoms with Crippen LogP contribution in [-0.2, 0) is 14.5 Å². The predicted octanol–water partition coefficient (Wildman–Crippen LogP) is 2.81. The summed E-state index contributed by atoms with van der Waals surface area (Å²) < 4.78 is 23.4. The van der Waals surface area contributed by atoms with Gasteiger partial charge in [-0.1, -0.05) is 0 Å². The lowest BCUT2D eigenvalue weighted by atomic mass is 9.49. The van der Waals surface area contributed by atoms with Crippen molar-refractivity contribution in [3.63, 3.8) is 0 Å². The first kappa shape index (κ1) is 12.2. The van der Waals surface area contributed by atoms with Gasteiger partial charge in [-0.15, -0.1) is 0 Å². The highest BCUT2D eigenvalue weighted by Crippen LogP contribution is 2.61. The molecule has 6 heteroatoms. The zero-order valence-corrected chi connectivity index (χ0v) is 12.2. The lowest BCUT2D eigenvalue weighted by Crippen LogP contribution is -2.49. The van der Waals surface area contributed by atoms with Crippen LogP contribution in [0.5, 0.6) is 0 Å². The predicted molar refractivity (Wildman–Crippen MR) is 71.5 cm³/mol. The number of aromatic amines is 1. The van der Waals surface area contributed by atoms with E-state index in [0.29, 0.717) is 0 Å². The molecular weight excluding hydrogens is 284 g/mol. The van der Waals surface area contributed by atoms with Crippen LogP contribution in [0.1, 0.15) is 44.2 Å². The van der Waals surface area contributed by atoms with Gasteiger partial charge in [0.25, 0.3) is 9.05 Å². The summed E-state index contributed by atoms with van der Waals surface area (Å²) in [6.07, 6.45) is 8.65. The third-order valence-corrected chi connectivity index (χ3v) is 6.77. The number of hydrogen-bond acceptors (Lipinski definition) is 3. The molecule has 5 rings (SSSR count). The highest BCUT2D eigenvalue weighted by Gasteiger charge is 2.53. The summed E-state index contributed by atoms with van der Waals surface area (Å²) >= 11 is 0. The Bertz CT molecular complexity index is 587. The average Bonchev–Trinajstić information content (AvgIpc) is 2.75.